The Hall–Kier alpha value is -1.75. The van der Waals surface area contributed by atoms with Crippen LogP contribution in [0.1, 0.15) is 15.9 Å². The molecule has 0 N–H and O–H groups in total. The van der Waals surface area contributed by atoms with E-state index in [-0.39, 0.29) is 28.8 Å². The van der Waals surface area contributed by atoms with Crippen molar-refractivity contribution in [3.05, 3.63) is 52.5 Å². The summed E-state index contributed by atoms with van der Waals surface area (Å²) in [6.45, 7) is 5.83. The first-order valence-corrected chi connectivity index (χ1v) is 13.3. The van der Waals surface area contributed by atoms with Crippen LogP contribution in [0.2, 0.25) is 5.02 Å². The van der Waals surface area contributed by atoms with Crippen molar-refractivity contribution in [2.24, 2.45) is 0 Å². The maximum Gasteiger partial charge on any atom is 0.261 e. The van der Waals surface area contributed by atoms with Crippen LogP contribution in [0.4, 0.5) is 5.13 Å². The molecule has 0 unspecified atom stereocenters. The minimum Gasteiger partial charge on any atom is -0.379 e. The van der Waals surface area contributed by atoms with Gasteiger partial charge in [0.15, 0.2) is 15.0 Å². The van der Waals surface area contributed by atoms with Gasteiger partial charge in [-0.15, -0.1) is 12.4 Å². The van der Waals surface area contributed by atoms with E-state index >= 15 is 0 Å². The van der Waals surface area contributed by atoms with Gasteiger partial charge >= 0.3 is 0 Å². The molecule has 0 saturated carbocycles. The Balaban J connectivity index is 0.00000306. The maximum absolute atomic E-state index is 13.7. The number of carbonyl (C=O) groups is 1. The number of fused-ring (bicyclic) bond motifs is 1. The molecule has 1 saturated heterocycles. The minimum atomic E-state index is -3.58. The lowest BCUT2D eigenvalue weighted by atomic mass is 10.2. The molecule has 1 aromatic heterocycles. The number of carbonyl (C=O) groups excluding carboxylic acids is 1. The number of aryl methyl sites for hydroxylation is 1. The zero-order valence-electron chi connectivity index (χ0n) is 18.3. The van der Waals surface area contributed by atoms with E-state index in [4.69, 9.17) is 21.3 Å². The zero-order chi connectivity index (χ0) is 22.9. The van der Waals surface area contributed by atoms with Crippen LogP contribution in [0.3, 0.4) is 0 Å². The SMILES string of the molecule is Cc1cc(Cl)cc2sc(N(CCN3CCOCC3)C(=O)c3ccccc3S(C)(=O)=O)nc12.Cl. The predicted molar refractivity (Wildman–Crippen MR) is 135 cm³/mol. The third-order valence-electron chi connectivity index (χ3n) is 5.38. The van der Waals surface area contributed by atoms with E-state index in [1.807, 2.05) is 19.1 Å². The highest BCUT2D eigenvalue weighted by molar-refractivity contribution is 7.90. The number of rotatable bonds is 6. The molecule has 0 atom stereocenters. The van der Waals surface area contributed by atoms with Crippen LogP contribution < -0.4 is 4.90 Å². The molecule has 0 spiro atoms. The first-order valence-electron chi connectivity index (χ1n) is 10.2. The average molecular weight is 530 g/mol. The number of aromatic nitrogens is 1. The number of hydrogen-bond donors (Lipinski definition) is 0. The molecule has 0 radical (unpaired) electrons. The fourth-order valence-electron chi connectivity index (χ4n) is 3.72. The number of sulfone groups is 1. The molecule has 3 aromatic rings. The highest BCUT2D eigenvalue weighted by Gasteiger charge is 2.27. The number of anilines is 1. The monoisotopic (exact) mass is 529 g/mol. The summed E-state index contributed by atoms with van der Waals surface area (Å²) in [7, 11) is -3.58. The molecule has 4 rings (SSSR count). The van der Waals surface area contributed by atoms with E-state index in [1.54, 1.807) is 23.1 Å². The van der Waals surface area contributed by atoms with Crippen molar-refractivity contribution in [2.45, 2.75) is 11.8 Å². The number of thiazole rings is 1. The van der Waals surface area contributed by atoms with Gasteiger partial charge in [-0.2, -0.15) is 0 Å². The van der Waals surface area contributed by atoms with Gasteiger partial charge in [-0.1, -0.05) is 35.1 Å². The third kappa shape index (κ3) is 5.85. The molecule has 0 bridgehead atoms. The Morgan fingerprint density at radius 2 is 1.94 bits per heavy atom. The van der Waals surface area contributed by atoms with E-state index in [9.17, 15) is 13.2 Å². The Morgan fingerprint density at radius 1 is 1.24 bits per heavy atom. The number of benzene rings is 2. The van der Waals surface area contributed by atoms with Crippen LogP contribution >= 0.6 is 35.3 Å². The summed E-state index contributed by atoms with van der Waals surface area (Å²) in [4.78, 5) is 22.2. The standard InChI is InChI=1S/C22H24ClN3O4S2.ClH/c1-15-13-16(23)14-18-20(15)24-22(31-18)26(8-7-25-9-11-30-12-10-25)21(27)17-5-3-4-6-19(17)32(2,28)29;/h3-6,13-14H,7-12H2,1-2H3;1H. The Labute approximate surface area is 208 Å². The van der Waals surface area contributed by atoms with Gasteiger partial charge in [0.1, 0.15) is 0 Å². The van der Waals surface area contributed by atoms with E-state index in [2.05, 4.69) is 4.90 Å². The smallest absolute Gasteiger partial charge is 0.261 e. The summed E-state index contributed by atoms with van der Waals surface area (Å²) in [6, 6.07) is 9.98. The van der Waals surface area contributed by atoms with Crippen molar-refractivity contribution in [3.63, 3.8) is 0 Å². The Kier molecular flexibility index (Phi) is 8.36. The molecule has 2 aromatic carbocycles. The van der Waals surface area contributed by atoms with Crippen molar-refractivity contribution in [3.8, 4) is 0 Å². The highest BCUT2D eigenvalue weighted by atomic mass is 35.5. The number of nitrogens with zero attached hydrogens (tertiary/aromatic N) is 3. The average Bonchev–Trinajstić information content (AvgIpc) is 3.18. The van der Waals surface area contributed by atoms with Crippen molar-refractivity contribution in [1.82, 2.24) is 9.88 Å². The first kappa shape index (κ1) is 25.9. The second-order valence-corrected chi connectivity index (χ2v) is 11.2. The summed E-state index contributed by atoms with van der Waals surface area (Å²) < 4.78 is 30.9. The van der Waals surface area contributed by atoms with Gasteiger partial charge in [-0.05, 0) is 36.8 Å². The number of halogens is 2. The molecule has 7 nitrogen and oxygen atoms in total. The lowest BCUT2D eigenvalue weighted by Crippen LogP contribution is -2.43. The second-order valence-electron chi connectivity index (χ2n) is 7.74. The van der Waals surface area contributed by atoms with Crippen LogP contribution in [0.5, 0.6) is 0 Å². The summed E-state index contributed by atoms with van der Waals surface area (Å²) >= 11 is 7.59. The number of amides is 1. The molecular weight excluding hydrogens is 505 g/mol. The molecule has 2 heterocycles. The zero-order valence-corrected chi connectivity index (χ0v) is 21.5. The number of ether oxygens (including phenoxy) is 1. The molecule has 11 heteroatoms. The molecule has 1 aliphatic heterocycles. The lowest BCUT2D eigenvalue weighted by molar-refractivity contribution is 0.0391. The van der Waals surface area contributed by atoms with E-state index in [1.165, 1.54) is 17.4 Å². The molecule has 178 valence electrons. The van der Waals surface area contributed by atoms with Crippen LogP contribution in [0.15, 0.2) is 41.3 Å². The molecule has 1 fully saturated rings. The molecular formula is C22H25Cl2N3O4S2. The summed E-state index contributed by atoms with van der Waals surface area (Å²) in [6.07, 6.45) is 1.11. The molecule has 1 amide bonds. The van der Waals surface area contributed by atoms with E-state index in [0.717, 1.165) is 35.1 Å². The quantitative estimate of drug-likeness (QED) is 0.478. The fraction of sp³-hybridized carbons (Fsp3) is 0.364. The fourth-order valence-corrected chi connectivity index (χ4v) is 6.05. The van der Waals surface area contributed by atoms with E-state index in [0.29, 0.717) is 36.5 Å². The van der Waals surface area contributed by atoms with Crippen LogP contribution in [-0.4, -0.2) is 69.9 Å². The normalized spacial score (nSPS) is 14.8. The summed E-state index contributed by atoms with van der Waals surface area (Å²) in [5.74, 6) is -0.387. The van der Waals surface area contributed by atoms with E-state index < -0.39 is 9.84 Å². The van der Waals surface area contributed by atoms with Gasteiger partial charge < -0.3 is 4.74 Å². The predicted octanol–water partition coefficient (Wildman–Crippen LogP) is 4.06. The van der Waals surface area contributed by atoms with Crippen molar-refractivity contribution < 1.29 is 17.9 Å². The number of hydrogen-bond acceptors (Lipinski definition) is 7. The van der Waals surface area contributed by atoms with Gasteiger partial charge in [0, 0.05) is 37.5 Å². The Bertz CT molecular complexity index is 1260. The van der Waals surface area contributed by atoms with Gasteiger partial charge in [-0.3, -0.25) is 14.6 Å². The molecule has 33 heavy (non-hydrogen) atoms. The topological polar surface area (TPSA) is 79.8 Å². The third-order valence-corrected chi connectivity index (χ3v) is 7.77. The first-order chi connectivity index (χ1) is 15.2. The molecule has 1 aliphatic rings. The Morgan fingerprint density at radius 3 is 2.64 bits per heavy atom. The van der Waals surface area contributed by atoms with Crippen LogP contribution in [0, 0.1) is 6.92 Å². The largest absolute Gasteiger partial charge is 0.379 e. The van der Waals surface area contributed by atoms with Gasteiger partial charge in [0.05, 0.1) is 33.9 Å². The molecule has 0 aliphatic carbocycles. The van der Waals surface area contributed by atoms with Gasteiger partial charge in [0.25, 0.3) is 5.91 Å². The van der Waals surface area contributed by atoms with Crippen molar-refractivity contribution in [1.29, 1.82) is 0 Å². The van der Waals surface area contributed by atoms with Crippen LogP contribution in [0.25, 0.3) is 10.2 Å². The minimum absolute atomic E-state index is 0. The maximum atomic E-state index is 13.7. The van der Waals surface area contributed by atoms with Crippen molar-refractivity contribution >= 4 is 66.4 Å². The van der Waals surface area contributed by atoms with Gasteiger partial charge in [0.2, 0.25) is 0 Å². The lowest BCUT2D eigenvalue weighted by Gasteiger charge is -2.29. The summed E-state index contributed by atoms with van der Waals surface area (Å²) in [5.41, 5.74) is 1.85. The van der Waals surface area contributed by atoms with Crippen LogP contribution in [-0.2, 0) is 14.6 Å². The highest BCUT2D eigenvalue weighted by Crippen LogP contribution is 2.34. The summed E-state index contributed by atoms with van der Waals surface area (Å²) in [5, 5.41) is 1.13. The van der Waals surface area contributed by atoms with Gasteiger partial charge in [-0.25, -0.2) is 13.4 Å². The second kappa shape index (κ2) is 10.7. The van der Waals surface area contributed by atoms with Crippen molar-refractivity contribution in [2.75, 3.05) is 50.5 Å². The number of morpholine rings is 1.